The zero-order chi connectivity index (χ0) is 17.5. The summed E-state index contributed by atoms with van der Waals surface area (Å²) in [6, 6.07) is 8.27. The van der Waals surface area contributed by atoms with E-state index in [9.17, 15) is 0 Å². The van der Waals surface area contributed by atoms with E-state index in [0.717, 1.165) is 44.2 Å². The molecule has 5 rings (SSSR count). The van der Waals surface area contributed by atoms with Crippen LogP contribution in [0, 0.1) is 11.8 Å². The highest BCUT2D eigenvalue weighted by Crippen LogP contribution is 2.47. The first-order valence-corrected chi connectivity index (χ1v) is 9.92. The lowest BCUT2D eigenvalue weighted by atomic mass is 9.82. The number of guanidine groups is 1. The second-order valence-corrected chi connectivity index (χ2v) is 7.69. The van der Waals surface area contributed by atoms with E-state index in [4.69, 9.17) is 9.73 Å². The topological polar surface area (TPSA) is 54.7 Å². The van der Waals surface area contributed by atoms with Gasteiger partial charge in [0.05, 0.1) is 36.1 Å². The molecule has 2 bridgehead atoms. The molecule has 0 radical (unpaired) electrons. The molecule has 3 saturated heterocycles. The largest absolute Gasteiger partial charge is 0.374 e. The first-order valence-electron chi connectivity index (χ1n) is 9.92. The number of para-hydroxylation sites is 2. The molecule has 3 fully saturated rings. The van der Waals surface area contributed by atoms with Crippen LogP contribution in [0.4, 0.5) is 0 Å². The van der Waals surface area contributed by atoms with Crippen LogP contribution in [0.1, 0.15) is 19.8 Å². The van der Waals surface area contributed by atoms with Crippen molar-refractivity contribution in [3.8, 4) is 0 Å². The fourth-order valence-electron chi connectivity index (χ4n) is 5.01. The quantitative estimate of drug-likeness (QED) is 0.676. The molecule has 1 aromatic carbocycles. The normalized spacial score (nSPS) is 30.3. The Morgan fingerprint density at radius 1 is 1.23 bits per heavy atom. The summed E-state index contributed by atoms with van der Waals surface area (Å²) in [5, 5.41) is 3.49. The number of hydrogen-bond acceptors (Lipinski definition) is 3. The number of imidazole rings is 1. The molecule has 0 aliphatic carbocycles. The number of fused-ring (bicyclic) bond motifs is 6. The Labute approximate surface area is 154 Å². The lowest BCUT2D eigenvalue weighted by Gasteiger charge is -2.23. The van der Waals surface area contributed by atoms with Crippen molar-refractivity contribution in [2.75, 3.05) is 26.2 Å². The summed E-state index contributed by atoms with van der Waals surface area (Å²) in [6.07, 6.45) is 5.41. The maximum Gasteiger partial charge on any atom is 0.193 e. The van der Waals surface area contributed by atoms with Crippen LogP contribution in [0.15, 0.2) is 35.6 Å². The van der Waals surface area contributed by atoms with E-state index in [1.165, 1.54) is 18.4 Å². The van der Waals surface area contributed by atoms with Crippen LogP contribution in [0.5, 0.6) is 0 Å². The van der Waals surface area contributed by atoms with E-state index >= 15 is 0 Å². The van der Waals surface area contributed by atoms with Crippen LogP contribution in [0.3, 0.4) is 0 Å². The fourth-order valence-corrected chi connectivity index (χ4v) is 5.01. The summed E-state index contributed by atoms with van der Waals surface area (Å²) in [5.74, 6) is 2.47. The molecule has 6 nitrogen and oxygen atoms in total. The highest BCUT2D eigenvalue weighted by Gasteiger charge is 2.53. The minimum absolute atomic E-state index is 0.496. The number of rotatable bonds is 4. The number of nitrogens with one attached hydrogen (secondary N) is 1. The minimum Gasteiger partial charge on any atom is -0.374 e. The Hall–Kier alpha value is -2.08. The van der Waals surface area contributed by atoms with Gasteiger partial charge in [0.2, 0.25) is 0 Å². The standard InChI is InChI=1S/C20H27N5O/c1-2-21-20(25-11-14-15(12-25)19-8-7-18(14)26-19)22-9-10-24-13-23-16-5-3-4-6-17(16)24/h3-6,13-15,18-19H,2,7-12H2,1H3,(H,21,22). The molecule has 3 aliphatic heterocycles. The molecule has 0 saturated carbocycles. The zero-order valence-corrected chi connectivity index (χ0v) is 15.3. The highest BCUT2D eigenvalue weighted by atomic mass is 16.5. The summed E-state index contributed by atoms with van der Waals surface area (Å²) < 4.78 is 8.29. The fraction of sp³-hybridized carbons (Fsp3) is 0.600. The van der Waals surface area contributed by atoms with Gasteiger partial charge in [0.15, 0.2) is 5.96 Å². The van der Waals surface area contributed by atoms with Crippen molar-refractivity contribution in [1.29, 1.82) is 0 Å². The van der Waals surface area contributed by atoms with E-state index in [0.29, 0.717) is 24.0 Å². The van der Waals surface area contributed by atoms with E-state index in [2.05, 4.69) is 44.9 Å². The van der Waals surface area contributed by atoms with Crippen LogP contribution in [-0.4, -0.2) is 58.8 Å². The van der Waals surface area contributed by atoms with E-state index in [1.54, 1.807) is 0 Å². The average Bonchev–Trinajstić information content (AvgIpc) is 3.42. The Morgan fingerprint density at radius 2 is 2.00 bits per heavy atom. The molecule has 2 aromatic rings. The third-order valence-electron chi connectivity index (χ3n) is 6.22. The van der Waals surface area contributed by atoms with Crippen LogP contribution < -0.4 is 5.32 Å². The van der Waals surface area contributed by atoms with Crippen LogP contribution >= 0.6 is 0 Å². The first-order chi connectivity index (χ1) is 12.8. The van der Waals surface area contributed by atoms with Crippen LogP contribution in [0.25, 0.3) is 11.0 Å². The summed E-state index contributed by atoms with van der Waals surface area (Å²) in [5.41, 5.74) is 2.23. The van der Waals surface area contributed by atoms with Gasteiger partial charge < -0.3 is 19.5 Å². The van der Waals surface area contributed by atoms with Gasteiger partial charge >= 0.3 is 0 Å². The summed E-state index contributed by atoms with van der Waals surface area (Å²) in [6.45, 7) is 6.84. The molecule has 0 spiro atoms. The van der Waals surface area contributed by atoms with Crippen molar-refractivity contribution in [2.24, 2.45) is 16.8 Å². The Balaban J connectivity index is 1.27. The smallest absolute Gasteiger partial charge is 0.193 e. The second kappa shape index (κ2) is 6.58. The van der Waals surface area contributed by atoms with Crippen LogP contribution in [-0.2, 0) is 11.3 Å². The van der Waals surface area contributed by atoms with Gasteiger partial charge in [-0.2, -0.15) is 0 Å². The number of hydrogen-bond donors (Lipinski definition) is 1. The van der Waals surface area contributed by atoms with Gasteiger partial charge in [0.1, 0.15) is 0 Å². The predicted octanol–water partition coefficient (Wildman–Crippen LogP) is 2.11. The Kier molecular flexibility index (Phi) is 4.08. The van der Waals surface area contributed by atoms with Crippen molar-refractivity contribution < 1.29 is 4.74 Å². The third-order valence-corrected chi connectivity index (χ3v) is 6.22. The first kappa shape index (κ1) is 16.1. The van der Waals surface area contributed by atoms with Crippen molar-refractivity contribution in [1.82, 2.24) is 19.8 Å². The summed E-state index contributed by atoms with van der Waals surface area (Å²) >= 11 is 0. The van der Waals surface area contributed by atoms with Crippen LogP contribution in [0.2, 0.25) is 0 Å². The summed E-state index contributed by atoms with van der Waals surface area (Å²) in [7, 11) is 0. The van der Waals surface area contributed by atoms with Gasteiger partial charge in [-0.3, -0.25) is 4.99 Å². The maximum atomic E-state index is 6.10. The SMILES string of the molecule is CCNC(=NCCn1cnc2ccccc21)N1CC2C3CCC(O3)C2C1. The van der Waals surface area contributed by atoms with Crippen molar-refractivity contribution >= 4 is 17.0 Å². The lowest BCUT2D eigenvalue weighted by molar-refractivity contribution is 0.0767. The molecule has 1 aromatic heterocycles. The maximum absolute atomic E-state index is 6.10. The van der Waals surface area contributed by atoms with Gasteiger partial charge in [-0.05, 0) is 31.9 Å². The van der Waals surface area contributed by atoms with E-state index in [1.807, 2.05) is 12.4 Å². The van der Waals surface area contributed by atoms with E-state index < -0.39 is 0 Å². The van der Waals surface area contributed by atoms with E-state index in [-0.39, 0.29) is 0 Å². The molecule has 26 heavy (non-hydrogen) atoms. The number of ether oxygens (including phenoxy) is 1. The highest BCUT2D eigenvalue weighted by molar-refractivity contribution is 5.80. The molecular formula is C20H27N5O. The van der Waals surface area contributed by atoms with Crippen molar-refractivity contribution in [2.45, 2.75) is 38.5 Å². The van der Waals surface area contributed by atoms with Crippen molar-refractivity contribution in [3.63, 3.8) is 0 Å². The lowest BCUT2D eigenvalue weighted by Crippen LogP contribution is -2.41. The molecule has 3 aliphatic rings. The third kappa shape index (κ3) is 2.67. The number of aliphatic imine (C=N–C) groups is 1. The number of likely N-dealkylation sites (tertiary alicyclic amines) is 1. The predicted molar refractivity (Wildman–Crippen MR) is 102 cm³/mol. The Morgan fingerprint density at radius 3 is 2.77 bits per heavy atom. The molecule has 0 amide bonds. The molecular weight excluding hydrogens is 326 g/mol. The van der Waals surface area contributed by atoms with Gasteiger partial charge in [-0.15, -0.1) is 0 Å². The number of benzene rings is 1. The van der Waals surface area contributed by atoms with Crippen molar-refractivity contribution in [3.05, 3.63) is 30.6 Å². The molecule has 4 atom stereocenters. The second-order valence-electron chi connectivity index (χ2n) is 7.69. The van der Waals surface area contributed by atoms with Gasteiger partial charge in [0, 0.05) is 38.0 Å². The molecule has 1 N–H and O–H groups in total. The number of aromatic nitrogens is 2. The molecule has 138 valence electrons. The molecule has 4 heterocycles. The Bertz CT molecular complexity index is 797. The minimum atomic E-state index is 0.496. The summed E-state index contributed by atoms with van der Waals surface area (Å²) in [4.78, 5) is 11.8. The average molecular weight is 353 g/mol. The monoisotopic (exact) mass is 353 g/mol. The van der Waals surface area contributed by atoms with Gasteiger partial charge in [-0.1, -0.05) is 12.1 Å². The zero-order valence-electron chi connectivity index (χ0n) is 15.3. The van der Waals surface area contributed by atoms with Gasteiger partial charge in [0.25, 0.3) is 0 Å². The number of nitrogens with zero attached hydrogens (tertiary/aromatic N) is 4. The van der Waals surface area contributed by atoms with Gasteiger partial charge in [-0.25, -0.2) is 4.98 Å². The molecule has 6 heteroatoms. The molecule has 4 unspecified atom stereocenters.